The summed E-state index contributed by atoms with van der Waals surface area (Å²) in [5.41, 5.74) is 0. The average Bonchev–Trinajstić information content (AvgIpc) is 2.05. The Kier molecular flexibility index (Phi) is 7.09. The predicted octanol–water partition coefficient (Wildman–Crippen LogP) is 1.19. The van der Waals surface area contributed by atoms with E-state index in [4.69, 9.17) is 4.74 Å². The van der Waals surface area contributed by atoms with Gasteiger partial charge in [-0.15, -0.1) is 0 Å². The largest absolute Gasteiger partial charge is 0.383 e. The number of hydrogen-bond donors (Lipinski definition) is 1. The lowest BCUT2D eigenvalue weighted by Crippen LogP contribution is -2.39. The third kappa shape index (κ3) is 5.16. The van der Waals surface area contributed by atoms with Crippen molar-refractivity contribution in [2.45, 2.75) is 26.3 Å². The number of amides is 1. The van der Waals surface area contributed by atoms with Gasteiger partial charge in [0.25, 0.3) is 0 Å². The van der Waals surface area contributed by atoms with Crippen molar-refractivity contribution in [2.75, 3.05) is 26.0 Å². The molecule has 0 aliphatic rings. The number of rotatable bonds is 6. The third-order valence-corrected chi connectivity index (χ3v) is 2.03. The van der Waals surface area contributed by atoms with E-state index >= 15 is 0 Å². The van der Waals surface area contributed by atoms with Crippen LogP contribution in [-0.2, 0) is 9.53 Å². The molecule has 0 unspecified atom stereocenters. The molecule has 0 atom stereocenters. The number of methoxy groups -OCH3 is 1. The first-order chi connectivity index (χ1) is 6.13. The fourth-order valence-electron chi connectivity index (χ4n) is 1.10. The quantitative estimate of drug-likeness (QED) is 0.660. The maximum atomic E-state index is 11.5. The van der Waals surface area contributed by atoms with Gasteiger partial charge in [0.1, 0.15) is 0 Å². The van der Waals surface area contributed by atoms with E-state index in [0.717, 1.165) is 0 Å². The summed E-state index contributed by atoms with van der Waals surface area (Å²) in [5, 5.41) is 0. The van der Waals surface area contributed by atoms with Crippen LogP contribution in [0.4, 0.5) is 0 Å². The van der Waals surface area contributed by atoms with Gasteiger partial charge in [0.15, 0.2) is 0 Å². The Hall–Kier alpha value is -0.220. The monoisotopic (exact) mass is 205 g/mol. The van der Waals surface area contributed by atoms with Gasteiger partial charge in [-0.2, -0.15) is 12.6 Å². The Morgan fingerprint density at radius 2 is 2.15 bits per heavy atom. The van der Waals surface area contributed by atoms with Crippen LogP contribution in [0.15, 0.2) is 0 Å². The van der Waals surface area contributed by atoms with Crippen molar-refractivity contribution in [3.63, 3.8) is 0 Å². The van der Waals surface area contributed by atoms with Crippen molar-refractivity contribution < 1.29 is 9.53 Å². The van der Waals surface area contributed by atoms with Gasteiger partial charge in [-0.05, 0) is 19.6 Å². The number of thiol groups is 1. The molecule has 0 radical (unpaired) electrons. The van der Waals surface area contributed by atoms with Crippen LogP contribution >= 0.6 is 12.6 Å². The number of carbonyl (C=O) groups is 1. The van der Waals surface area contributed by atoms with E-state index < -0.39 is 0 Å². The number of carbonyl (C=O) groups excluding carboxylic acids is 1. The van der Waals surface area contributed by atoms with Crippen molar-refractivity contribution in [3.8, 4) is 0 Å². The van der Waals surface area contributed by atoms with Gasteiger partial charge in [0.2, 0.25) is 5.91 Å². The minimum absolute atomic E-state index is 0.155. The Bertz CT molecular complexity index is 151. The number of ether oxygens (including phenoxy) is 1. The smallest absolute Gasteiger partial charge is 0.223 e. The molecule has 0 aromatic heterocycles. The standard InChI is InChI=1S/C9H19NO2S/c1-8(2)10(5-6-12-3)9(11)4-7-13/h8,13H,4-7H2,1-3H3. The second-order valence-corrected chi connectivity index (χ2v) is 3.59. The predicted molar refractivity (Wildman–Crippen MR) is 57.2 cm³/mol. The highest BCUT2D eigenvalue weighted by molar-refractivity contribution is 7.80. The Balaban J connectivity index is 3.99. The van der Waals surface area contributed by atoms with Gasteiger partial charge in [-0.1, -0.05) is 0 Å². The molecule has 0 rings (SSSR count). The molecule has 0 aromatic rings. The van der Waals surface area contributed by atoms with Gasteiger partial charge < -0.3 is 9.64 Å². The van der Waals surface area contributed by atoms with E-state index in [0.29, 0.717) is 25.3 Å². The molecule has 0 saturated heterocycles. The van der Waals surface area contributed by atoms with E-state index in [1.165, 1.54) is 0 Å². The maximum absolute atomic E-state index is 11.5. The highest BCUT2D eigenvalue weighted by Crippen LogP contribution is 2.02. The summed E-state index contributed by atoms with van der Waals surface area (Å²) in [6, 6.07) is 0.238. The third-order valence-electron chi connectivity index (χ3n) is 1.81. The zero-order valence-corrected chi connectivity index (χ0v) is 9.51. The Morgan fingerprint density at radius 1 is 1.54 bits per heavy atom. The lowest BCUT2D eigenvalue weighted by molar-refractivity contribution is -0.133. The van der Waals surface area contributed by atoms with Crippen molar-refractivity contribution in [1.82, 2.24) is 4.90 Å². The van der Waals surface area contributed by atoms with Crippen molar-refractivity contribution in [2.24, 2.45) is 0 Å². The Labute approximate surface area is 85.8 Å². The second-order valence-electron chi connectivity index (χ2n) is 3.15. The summed E-state index contributed by atoms with van der Waals surface area (Å²) in [7, 11) is 1.64. The fraction of sp³-hybridized carbons (Fsp3) is 0.889. The van der Waals surface area contributed by atoms with Gasteiger partial charge in [0.05, 0.1) is 6.61 Å². The molecule has 0 fully saturated rings. The Morgan fingerprint density at radius 3 is 2.54 bits per heavy atom. The van der Waals surface area contributed by atoms with Crippen LogP contribution in [0.2, 0.25) is 0 Å². The first-order valence-corrected chi connectivity index (χ1v) is 5.16. The molecule has 78 valence electrons. The summed E-state index contributed by atoms with van der Waals surface area (Å²) in [5.74, 6) is 0.761. The summed E-state index contributed by atoms with van der Waals surface area (Å²) < 4.78 is 4.94. The summed E-state index contributed by atoms with van der Waals surface area (Å²) >= 11 is 4.04. The summed E-state index contributed by atoms with van der Waals surface area (Å²) in [6.07, 6.45) is 0.505. The summed E-state index contributed by atoms with van der Waals surface area (Å²) in [4.78, 5) is 13.3. The van der Waals surface area contributed by atoms with E-state index in [-0.39, 0.29) is 11.9 Å². The van der Waals surface area contributed by atoms with Crippen LogP contribution in [0.5, 0.6) is 0 Å². The van der Waals surface area contributed by atoms with E-state index in [9.17, 15) is 4.79 Å². The van der Waals surface area contributed by atoms with Crippen LogP contribution in [0, 0.1) is 0 Å². The number of nitrogens with zero attached hydrogens (tertiary/aromatic N) is 1. The van der Waals surface area contributed by atoms with Gasteiger partial charge >= 0.3 is 0 Å². The van der Waals surface area contributed by atoms with Crippen molar-refractivity contribution in [1.29, 1.82) is 0 Å². The molecular formula is C9H19NO2S. The number of hydrogen-bond acceptors (Lipinski definition) is 3. The van der Waals surface area contributed by atoms with Crippen LogP contribution in [0.25, 0.3) is 0 Å². The average molecular weight is 205 g/mol. The topological polar surface area (TPSA) is 29.5 Å². The van der Waals surface area contributed by atoms with Crippen molar-refractivity contribution in [3.05, 3.63) is 0 Å². The molecule has 0 heterocycles. The molecule has 3 nitrogen and oxygen atoms in total. The molecule has 0 aromatic carbocycles. The van der Waals surface area contributed by atoms with Gasteiger partial charge in [0, 0.05) is 26.1 Å². The van der Waals surface area contributed by atoms with Crippen LogP contribution in [0.3, 0.4) is 0 Å². The molecule has 1 amide bonds. The van der Waals surface area contributed by atoms with Crippen LogP contribution in [-0.4, -0.2) is 42.9 Å². The molecule has 0 spiro atoms. The summed E-state index contributed by atoms with van der Waals surface area (Å²) in [6.45, 7) is 5.27. The minimum atomic E-state index is 0.155. The molecule has 0 aliphatic heterocycles. The minimum Gasteiger partial charge on any atom is -0.383 e. The van der Waals surface area contributed by atoms with Crippen LogP contribution in [0.1, 0.15) is 20.3 Å². The molecule has 13 heavy (non-hydrogen) atoms. The second kappa shape index (κ2) is 7.21. The zero-order valence-electron chi connectivity index (χ0n) is 8.62. The zero-order chi connectivity index (χ0) is 10.3. The lowest BCUT2D eigenvalue weighted by Gasteiger charge is -2.26. The first kappa shape index (κ1) is 12.8. The highest BCUT2D eigenvalue weighted by atomic mass is 32.1. The maximum Gasteiger partial charge on any atom is 0.223 e. The van der Waals surface area contributed by atoms with E-state index in [2.05, 4.69) is 12.6 Å². The molecular weight excluding hydrogens is 186 g/mol. The highest BCUT2D eigenvalue weighted by Gasteiger charge is 2.14. The van der Waals surface area contributed by atoms with Crippen LogP contribution < -0.4 is 0 Å². The molecule has 0 saturated carbocycles. The first-order valence-electron chi connectivity index (χ1n) is 4.52. The van der Waals surface area contributed by atoms with E-state index in [1.54, 1.807) is 7.11 Å². The van der Waals surface area contributed by atoms with Gasteiger partial charge in [-0.3, -0.25) is 4.79 Å². The molecule has 0 aliphatic carbocycles. The molecule has 4 heteroatoms. The normalized spacial score (nSPS) is 10.5. The lowest BCUT2D eigenvalue weighted by atomic mass is 10.3. The molecule has 0 bridgehead atoms. The van der Waals surface area contributed by atoms with E-state index in [1.807, 2.05) is 18.7 Å². The SMILES string of the molecule is COCCN(C(=O)CCS)C(C)C. The van der Waals surface area contributed by atoms with Crippen molar-refractivity contribution >= 4 is 18.5 Å². The fourth-order valence-corrected chi connectivity index (χ4v) is 1.29. The molecule has 0 N–H and O–H groups in total. The van der Waals surface area contributed by atoms with Gasteiger partial charge in [-0.25, -0.2) is 0 Å².